The molecule has 0 radical (unpaired) electrons. The second-order valence-corrected chi connectivity index (χ2v) is 3.90. The summed E-state index contributed by atoms with van der Waals surface area (Å²) in [4.78, 5) is 20.1. The zero-order valence-corrected chi connectivity index (χ0v) is 10.3. The third-order valence-electron chi connectivity index (χ3n) is 2.69. The summed E-state index contributed by atoms with van der Waals surface area (Å²) >= 11 is 0. The first-order valence-electron chi connectivity index (χ1n) is 5.92. The quantitative estimate of drug-likeness (QED) is 0.890. The lowest BCUT2D eigenvalue weighted by Gasteiger charge is -2.07. The third kappa shape index (κ3) is 2.91. The number of nitrogens with zero attached hydrogens (tertiary/aromatic N) is 2. The number of aryl methyl sites for hydroxylation is 1. The highest BCUT2D eigenvalue weighted by molar-refractivity contribution is 5.93. The largest absolute Gasteiger partial charge is 0.347 e. The first kappa shape index (κ1) is 12.2. The van der Waals surface area contributed by atoms with Gasteiger partial charge in [0.15, 0.2) is 0 Å². The molecule has 0 saturated heterocycles. The molecule has 92 valence electrons. The van der Waals surface area contributed by atoms with Crippen molar-refractivity contribution >= 4 is 5.91 Å². The van der Waals surface area contributed by atoms with Crippen LogP contribution in [0, 0.1) is 0 Å². The highest BCUT2D eigenvalue weighted by atomic mass is 16.1. The van der Waals surface area contributed by atoms with Gasteiger partial charge < -0.3 is 5.32 Å². The molecule has 2 aromatic rings. The van der Waals surface area contributed by atoms with Crippen molar-refractivity contribution in [3.05, 3.63) is 59.7 Å². The molecule has 0 saturated carbocycles. The number of hydrogen-bond acceptors (Lipinski definition) is 3. The SMILES string of the molecule is CCc1cccnc1C(=O)NCc1ccncc1. The molecule has 4 nitrogen and oxygen atoms in total. The predicted octanol–water partition coefficient (Wildman–Crippen LogP) is 1.97. The van der Waals surface area contributed by atoms with Gasteiger partial charge in [-0.05, 0) is 35.7 Å². The average Bonchev–Trinajstić information content (AvgIpc) is 2.45. The molecule has 0 bridgehead atoms. The molecule has 0 atom stereocenters. The number of amides is 1. The molecule has 4 heteroatoms. The van der Waals surface area contributed by atoms with E-state index in [2.05, 4.69) is 15.3 Å². The maximum absolute atomic E-state index is 12.0. The molecular weight excluding hydrogens is 226 g/mol. The van der Waals surface area contributed by atoms with E-state index in [1.165, 1.54) is 0 Å². The number of aromatic nitrogens is 2. The van der Waals surface area contributed by atoms with Crippen LogP contribution in [0.4, 0.5) is 0 Å². The first-order valence-corrected chi connectivity index (χ1v) is 5.92. The Morgan fingerprint density at radius 1 is 1.22 bits per heavy atom. The molecule has 0 spiro atoms. The van der Waals surface area contributed by atoms with Crippen LogP contribution in [0.3, 0.4) is 0 Å². The van der Waals surface area contributed by atoms with E-state index in [-0.39, 0.29) is 5.91 Å². The molecule has 1 N–H and O–H groups in total. The van der Waals surface area contributed by atoms with E-state index in [4.69, 9.17) is 0 Å². The van der Waals surface area contributed by atoms with E-state index in [9.17, 15) is 4.79 Å². The summed E-state index contributed by atoms with van der Waals surface area (Å²) in [5.41, 5.74) is 2.49. The van der Waals surface area contributed by atoms with Crippen molar-refractivity contribution < 1.29 is 4.79 Å². The van der Waals surface area contributed by atoms with Crippen LogP contribution in [-0.4, -0.2) is 15.9 Å². The van der Waals surface area contributed by atoms with Gasteiger partial charge in [0, 0.05) is 25.1 Å². The Morgan fingerprint density at radius 3 is 2.72 bits per heavy atom. The Morgan fingerprint density at radius 2 is 2.00 bits per heavy atom. The van der Waals surface area contributed by atoms with Crippen molar-refractivity contribution in [1.29, 1.82) is 0 Å². The molecule has 0 fully saturated rings. The van der Waals surface area contributed by atoms with Gasteiger partial charge in [-0.3, -0.25) is 14.8 Å². The Kier molecular flexibility index (Phi) is 4.02. The second kappa shape index (κ2) is 5.91. The van der Waals surface area contributed by atoms with Crippen LogP contribution in [0.5, 0.6) is 0 Å². The molecule has 0 aliphatic carbocycles. The minimum atomic E-state index is -0.135. The van der Waals surface area contributed by atoms with Crippen LogP contribution in [0.2, 0.25) is 0 Å². The maximum Gasteiger partial charge on any atom is 0.270 e. The van der Waals surface area contributed by atoms with Gasteiger partial charge in [0.1, 0.15) is 5.69 Å². The van der Waals surface area contributed by atoms with E-state index >= 15 is 0 Å². The molecule has 2 heterocycles. The van der Waals surface area contributed by atoms with Crippen LogP contribution in [0.1, 0.15) is 28.5 Å². The molecule has 0 aliphatic heterocycles. The Bertz CT molecular complexity index is 526. The normalized spacial score (nSPS) is 10.1. The van der Waals surface area contributed by atoms with Gasteiger partial charge in [-0.25, -0.2) is 0 Å². The van der Waals surface area contributed by atoms with Crippen molar-refractivity contribution in [1.82, 2.24) is 15.3 Å². The van der Waals surface area contributed by atoms with Crippen molar-refractivity contribution in [2.75, 3.05) is 0 Å². The zero-order chi connectivity index (χ0) is 12.8. The number of carbonyl (C=O) groups is 1. The number of nitrogens with one attached hydrogen (secondary N) is 1. The molecule has 0 aliphatic rings. The fourth-order valence-corrected chi connectivity index (χ4v) is 1.70. The molecule has 2 aromatic heterocycles. The van der Waals surface area contributed by atoms with Crippen molar-refractivity contribution in [3.8, 4) is 0 Å². The van der Waals surface area contributed by atoms with Gasteiger partial charge in [0.25, 0.3) is 5.91 Å². The van der Waals surface area contributed by atoms with Gasteiger partial charge in [-0.2, -0.15) is 0 Å². The molecule has 2 rings (SSSR count). The second-order valence-electron chi connectivity index (χ2n) is 3.90. The highest BCUT2D eigenvalue weighted by Crippen LogP contribution is 2.06. The lowest BCUT2D eigenvalue weighted by molar-refractivity contribution is 0.0945. The minimum Gasteiger partial charge on any atom is -0.347 e. The van der Waals surface area contributed by atoms with E-state index in [1.807, 2.05) is 31.2 Å². The van der Waals surface area contributed by atoms with Gasteiger partial charge in [-0.1, -0.05) is 13.0 Å². The number of rotatable bonds is 4. The predicted molar refractivity (Wildman–Crippen MR) is 69.0 cm³/mol. The zero-order valence-electron chi connectivity index (χ0n) is 10.3. The van der Waals surface area contributed by atoms with E-state index in [0.29, 0.717) is 12.2 Å². The molecule has 18 heavy (non-hydrogen) atoms. The van der Waals surface area contributed by atoms with Gasteiger partial charge in [0.2, 0.25) is 0 Å². The van der Waals surface area contributed by atoms with Crippen LogP contribution in [0.25, 0.3) is 0 Å². The van der Waals surface area contributed by atoms with Gasteiger partial charge in [0.05, 0.1) is 0 Å². The highest BCUT2D eigenvalue weighted by Gasteiger charge is 2.10. The number of carbonyl (C=O) groups excluding carboxylic acids is 1. The third-order valence-corrected chi connectivity index (χ3v) is 2.69. The Hall–Kier alpha value is -2.23. The summed E-state index contributed by atoms with van der Waals surface area (Å²) in [5.74, 6) is -0.135. The molecule has 0 aromatic carbocycles. The maximum atomic E-state index is 12.0. The van der Waals surface area contributed by atoms with Crippen molar-refractivity contribution in [2.45, 2.75) is 19.9 Å². The van der Waals surface area contributed by atoms with Crippen LogP contribution < -0.4 is 5.32 Å². The standard InChI is InChI=1S/C14H15N3O/c1-2-12-4-3-7-16-13(12)14(18)17-10-11-5-8-15-9-6-11/h3-9H,2,10H2,1H3,(H,17,18). The van der Waals surface area contributed by atoms with Crippen molar-refractivity contribution in [2.24, 2.45) is 0 Å². The number of hydrogen-bond donors (Lipinski definition) is 1. The topological polar surface area (TPSA) is 54.9 Å². The summed E-state index contributed by atoms with van der Waals surface area (Å²) < 4.78 is 0. The Labute approximate surface area is 106 Å². The van der Waals surface area contributed by atoms with Crippen LogP contribution in [-0.2, 0) is 13.0 Å². The van der Waals surface area contributed by atoms with E-state index in [0.717, 1.165) is 17.5 Å². The monoisotopic (exact) mass is 241 g/mol. The first-order chi connectivity index (χ1) is 8.81. The van der Waals surface area contributed by atoms with Crippen molar-refractivity contribution in [3.63, 3.8) is 0 Å². The van der Waals surface area contributed by atoms with Crippen LogP contribution >= 0.6 is 0 Å². The van der Waals surface area contributed by atoms with Crippen LogP contribution in [0.15, 0.2) is 42.9 Å². The number of pyridine rings is 2. The summed E-state index contributed by atoms with van der Waals surface area (Å²) in [6, 6.07) is 7.52. The summed E-state index contributed by atoms with van der Waals surface area (Å²) in [5, 5.41) is 2.86. The molecule has 0 unspecified atom stereocenters. The average molecular weight is 241 g/mol. The summed E-state index contributed by atoms with van der Waals surface area (Å²) in [6.07, 6.45) is 5.85. The summed E-state index contributed by atoms with van der Waals surface area (Å²) in [6.45, 7) is 2.50. The Balaban J connectivity index is 2.04. The molecule has 1 amide bonds. The lowest BCUT2D eigenvalue weighted by atomic mass is 10.1. The fraction of sp³-hybridized carbons (Fsp3) is 0.214. The smallest absolute Gasteiger partial charge is 0.270 e. The van der Waals surface area contributed by atoms with E-state index in [1.54, 1.807) is 18.6 Å². The van der Waals surface area contributed by atoms with E-state index < -0.39 is 0 Å². The fourth-order valence-electron chi connectivity index (χ4n) is 1.70. The van der Waals surface area contributed by atoms with Gasteiger partial charge >= 0.3 is 0 Å². The summed E-state index contributed by atoms with van der Waals surface area (Å²) in [7, 11) is 0. The van der Waals surface area contributed by atoms with Gasteiger partial charge in [-0.15, -0.1) is 0 Å². The molecular formula is C14H15N3O. The minimum absolute atomic E-state index is 0.135. The lowest BCUT2D eigenvalue weighted by Crippen LogP contribution is -2.25.